The Hall–Kier alpha value is -4.42. The molecule has 0 atom stereocenters. The molecule has 2 aliphatic heterocycles. The van der Waals surface area contributed by atoms with E-state index in [4.69, 9.17) is 4.98 Å². The molecule has 2 N–H and O–H groups in total. The summed E-state index contributed by atoms with van der Waals surface area (Å²) in [6, 6.07) is 31.4. The Morgan fingerprint density at radius 1 is 0.757 bits per heavy atom. The number of fused-ring (bicyclic) bond motifs is 3. The first-order valence-corrected chi connectivity index (χ1v) is 12.8. The molecule has 1 aliphatic carbocycles. The summed E-state index contributed by atoms with van der Waals surface area (Å²) in [6.07, 6.45) is 0. The van der Waals surface area contributed by atoms with E-state index in [2.05, 4.69) is 74.4 Å². The molecule has 7 rings (SSSR count). The number of imidazole rings is 1. The third kappa shape index (κ3) is 4.05. The van der Waals surface area contributed by atoms with Gasteiger partial charge in [-0.05, 0) is 46.7 Å². The Morgan fingerprint density at radius 2 is 1.57 bits per heavy atom. The molecular weight excluding hydrogens is 458 g/mol. The zero-order valence-corrected chi connectivity index (χ0v) is 20.4. The maximum Gasteiger partial charge on any atom is 0.260 e. The van der Waals surface area contributed by atoms with E-state index in [0.29, 0.717) is 11.4 Å². The van der Waals surface area contributed by atoms with Gasteiger partial charge < -0.3 is 14.9 Å². The molecule has 3 aliphatic rings. The highest BCUT2D eigenvalue weighted by Gasteiger charge is 2.21. The average Bonchev–Trinajstić information content (AvgIpc) is 3.39. The van der Waals surface area contributed by atoms with Gasteiger partial charge in [-0.1, -0.05) is 60.7 Å². The standard InChI is InChI=1S/C31H27N5O/c37-31-29(25-8-2-1-3-9-26(25)34-31)30-32-27-13-12-24(19-28(27)33-30)36-16-14-35(15-17-36)20-21-10-11-22-6-4-5-7-23(22)18-21/h1-13,18-19H,14-17,20H2,(H,32,33)(H,34,37). The van der Waals surface area contributed by atoms with Gasteiger partial charge in [0.25, 0.3) is 5.56 Å². The van der Waals surface area contributed by atoms with Crippen molar-refractivity contribution in [1.29, 1.82) is 0 Å². The van der Waals surface area contributed by atoms with E-state index < -0.39 is 0 Å². The van der Waals surface area contributed by atoms with Crippen molar-refractivity contribution < 1.29 is 0 Å². The lowest BCUT2D eigenvalue weighted by Gasteiger charge is -2.36. The quantitative estimate of drug-likeness (QED) is 0.346. The Balaban J connectivity index is 1.08. The number of nitrogens with one attached hydrogen (secondary N) is 2. The van der Waals surface area contributed by atoms with Crippen LogP contribution in [0.2, 0.25) is 0 Å². The van der Waals surface area contributed by atoms with Crippen LogP contribution < -0.4 is 10.5 Å². The van der Waals surface area contributed by atoms with Crippen molar-refractivity contribution in [2.45, 2.75) is 6.54 Å². The minimum Gasteiger partial charge on any atom is -0.369 e. The summed E-state index contributed by atoms with van der Waals surface area (Å²) in [7, 11) is 0. The largest absolute Gasteiger partial charge is 0.369 e. The fraction of sp³-hybridized carbons (Fsp3) is 0.161. The Morgan fingerprint density at radius 3 is 2.46 bits per heavy atom. The van der Waals surface area contributed by atoms with Crippen molar-refractivity contribution in [3.05, 3.63) is 107 Å². The summed E-state index contributed by atoms with van der Waals surface area (Å²) >= 11 is 0. The number of nitrogens with zero attached hydrogens (tertiary/aromatic N) is 3. The molecule has 182 valence electrons. The van der Waals surface area contributed by atoms with E-state index in [9.17, 15) is 4.79 Å². The molecule has 3 aromatic carbocycles. The lowest BCUT2D eigenvalue weighted by molar-refractivity contribution is 0.250. The van der Waals surface area contributed by atoms with E-state index >= 15 is 0 Å². The van der Waals surface area contributed by atoms with E-state index in [1.54, 1.807) is 0 Å². The summed E-state index contributed by atoms with van der Waals surface area (Å²) in [5.41, 5.74) is 6.50. The molecule has 1 fully saturated rings. The second-order valence-electron chi connectivity index (χ2n) is 9.80. The van der Waals surface area contributed by atoms with Gasteiger partial charge in [-0.2, -0.15) is 0 Å². The number of benzene rings is 3. The topological polar surface area (TPSA) is 68.0 Å². The molecule has 0 spiro atoms. The molecule has 0 amide bonds. The zero-order valence-electron chi connectivity index (χ0n) is 20.4. The fourth-order valence-electron chi connectivity index (χ4n) is 5.49. The minimum absolute atomic E-state index is 0.122. The van der Waals surface area contributed by atoms with Crippen LogP contribution in [0.5, 0.6) is 0 Å². The first kappa shape index (κ1) is 21.8. The summed E-state index contributed by atoms with van der Waals surface area (Å²) in [6.45, 7) is 4.96. The number of piperazine rings is 1. The van der Waals surface area contributed by atoms with Gasteiger partial charge in [0.05, 0.1) is 16.6 Å². The van der Waals surface area contributed by atoms with Gasteiger partial charge >= 0.3 is 0 Å². The van der Waals surface area contributed by atoms with Crippen LogP contribution in [0, 0.1) is 0 Å². The van der Waals surface area contributed by atoms with Crippen LogP contribution in [0.25, 0.3) is 44.5 Å². The SMILES string of the molecule is O=c1[nH]c2cccccc-2c1-c1nc2ccc(N3CCN(Cc4ccc5ccccc5c4)CC3)cc2[nH]1. The zero-order chi connectivity index (χ0) is 24.8. The molecular formula is C31H27N5O. The van der Waals surface area contributed by atoms with Crippen LogP contribution in [-0.2, 0) is 6.54 Å². The monoisotopic (exact) mass is 485 g/mol. The second kappa shape index (κ2) is 8.91. The Labute approximate surface area is 214 Å². The van der Waals surface area contributed by atoms with Crippen molar-refractivity contribution in [1.82, 2.24) is 19.9 Å². The number of aromatic amines is 2. The molecule has 6 nitrogen and oxygen atoms in total. The van der Waals surface area contributed by atoms with Crippen LogP contribution >= 0.6 is 0 Å². The molecule has 37 heavy (non-hydrogen) atoms. The molecule has 0 unspecified atom stereocenters. The van der Waals surface area contributed by atoms with E-state index in [1.165, 1.54) is 22.0 Å². The van der Waals surface area contributed by atoms with E-state index in [0.717, 1.165) is 55.0 Å². The second-order valence-corrected chi connectivity index (χ2v) is 9.80. The molecule has 1 saturated heterocycles. The molecule has 0 radical (unpaired) electrons. The normalized spacial score (nSPS) is 14.6. The van der Waals surface area contributed by atoms with Gasteiger partial charge in [-0.3, -0.25) is 9.69 Å². The van der Waals surface area contributed by atoms with E-state index in [1.807, 2.05) is 36.4 Å². The van der Waals surface area contributed by atoms with Crippen molar-refractivity contribution in [3.8, 4) is 22.6 Å². The summed E-state index contributed by atoms with van der Waals surface area (Å²) in [5.74, 6) is 0.606. The Kier molecular flexibility index (Phi) is 5.26. The fourth-order valence-corrected chi connectivity index (χ4v) is 5.49. The van der Waals surface area contributed by atoms with Gasteiger partial charge in [0.2, 0.25) is 0 Å². The number of hydrogen-bond donors (Lipinski definition) is 2. The van der Waals surface area contributed by atoms with Crippen LogP contribution in [0.4, 0.5) is 5.69 Å². The van der Waals surface area contributed by atoms with Crippen LogP contribution in [0.3, 0.4) is 0 Å². The van der Waals surface area contributed by atoms with Crippen molar-refractivity contribution in [2.24, 2.45) is 0 Å². The average molecular weight is 486 g/mol. The van der Waals surface area contributed by atoms with Crippen LogP contribution in [-0.4, -0.2) is 46.0 Å². The third-order valence-electron chi connectivity index (χ3n) is 7.44. The maximum atomic E-state index is 12.7. The van der Waals surface area contributed by atoms with Gasteiger partial charge in [-0.25, -0.2) is 4.98 Å². The maximum absolute atomic E-state index is 12.7. The molecule has 4 aromatic rings. The molecule has 6 heteroatoms. The third-order valence-corrected chi connectivity index (χ3v) is 7.44. The smallest absolute Gasteiger partial charge is 0.260 e. The summed E-state index contributed by atoms with van der Waals surface area (Å²) < 4.78 is 0. The van der Waals surface area contributed by atoms with Gasteiger partial charge in [0.15, 0.2) is 0 Å². The number of anilines is 1. The predicted molar refractivity (Wildman–Crippen MR) is 150 cm³/mol. The number of aromatic nitrogens is 3. The van der Waals surface area contributed by atoms with Crippen molar-refractivity contribution >= 4 is 27.5 Å². The number of hydrogen-bond acceptors (Lipinski definition) is 4. The van der Waals surface area contributed by atoms with Crippen molar-refractivity contribution in [3.63, 3.8) is 0 Å². The first-order valence-electron chi connectivity index (χ1n) is 12.8. The summed E-state index contributed by atoms with van der Waals surface area (Å²) in [4.78, 5) is 28.8. The van der Waals surface area contributed by atoms with Crippen LogP contribution in [0.15, 0.2) is 95.8 Å². The summed E-state index contributed by atoms with van der Waals surface area (Å²) in [5, 5.41) is 2.59. The lowest BCUT2D eigenvalue weighted by Crippen LogP contribution is -2.45. The highest BCUT2D eigenvalue weighted by molar-refractivity contribution is 5.87. The first-order chi connectivity index (χ1) is 18.2. The molecule has 0 bridgehead atoms. The number of rotatable bonds is 4. The van der Waals surface area contributed by atoms with E-state index in [-0.39, 0.29) is 5.56 Å². The molecule has 1 aromatic heterocycles. The van der Waals surface area contributed by atoms with Gasteiger partial charge in [0.1, 0.15) is 5.82 Å². The van der Waals surface area contributed by atoms with Crippen LogP contribution in [0.1, 0.15) is 5.56 Å². The number of H-pyrrole nitrogens is 2. The predicted octanol–water partition coefficient (Wildman–Crippen LogP) is 5.50. The minimum atomic E-state index is -0.122. The highest BCUT2D eigenvalue weighted by atomic mass is 16.1. The van der Waals surface area contributed by atoms with Crippen molar-refractivity contribution in [2.75, 3.05) is 31.1 Å². The lowest BCUT2D eigenvalue weighted by atomic mass is 10.1. The highest BCUT2D eigenvalue weighted by Crippen LogP contribution is 2.30. The molecule has 0 saturated carbocycles. The van der Waals surface area contributed by atoms with Gasteiger partial charge in [0, 0.05) is 49.7 Å². The Bertz CT molecular complexity index is 1760. The van der Waals surface area contributed by atoms with Gasteiger partial charge in [-0.15, -0.1) is 0 Å². The molecule has 3 heterocycles.